The van der Waals surface area contributed by atoms with Crippen LogP contribution in [-0.4, -0.2) is 36.1 Å². The third-order valence-corrected chi connectivity index (χ3v) is 9.18. The molecule has 4 heterocycles. The van der Waals surface area contributed by atoms with E-state index >= 15 is 0 Å². The minimum atomic E-state index is -5.02. The van der Waals surface area contributed by atoms with Gasteiger partial charge in [-0.1, -0.05) is 6.08 Å². The van der Waals surface area contributed by atoms with Gasteiger partial charge in [0.2, 0.25) is 0 Å². The van der Waals surface area contributed by atoms with Crippen molar-refractivity contribution in [2.45, 2.75) is 43.8 Å². The number of pyridine rings is 1. The van der Waals surface area contributed by atoms with Crippen LogP contribution in [0.1, 0.15) is 41.1 Å². The summed E-state index contributed by atoms with van der Waals surface area (Å²) >= 11 is 0. The van der Waals surface area contributed by atoms with Crippen LogP contribution in [0.4, 0.5) is 37.7 Å². The van der Waals surface area contributed by atoms with Gasteiger partial charge in [-0.2, -0.15) is 26.3 Å². The Labute approximate surface area is 259 Å². The lowest BCUT2D eigenvalue weighted by Crippen LogP contribution is -2.56. The highest BCUT2D eigenvalue weighted by atomic mass is 19.4. The van der Waals surface area contributed by atoms with Crippen LogP contribution in [0.2, 0.25) is 0 Å². The van der Waals surface area contributed by atoms with Crippen molar-refractivity contribution in [3.63, 3.8) is 0 Å². The Bertz CT molecular complexity index is 1830. The van der Waals surface area contributed by atoms with E-state index in [1.807, 2.05) is 24.3 Å². The maximum atomic E-state index is 13.4. The molecule has 0 radical (unpaired) electrons. The summed E-state index contributed by atoms with van der Waals surface area (Å²) < 4.78 is 85.9. The van der Waals surface area contributed by atoms with E-state index in [4.69, 9.17) is 4.74 Å². The molecule has 0 amide bonds. The number of hydrogen-bond donors (Lipinski definition) is 2. The third kappa shape index (κ3) is 5.83. The van der Waals surface area contributed by atoms with Crippen molar-refractivity contribution in [3.8, 4) is 5.75 Å². The molecule has 242 valence electrons. The predicted molar refractivity (Wildman–Crippen MR) is 162 cm³/mol. The molecule has 2 bridgehead atoms. The lowest BCUT2D eigenvalue weighted by atomic mass is 9.73. The Kier molecular flexibility index (Phi) is 8.07. The predicted octanol–water partition coefficient (Wildman–Crippen LogP) is 6.54. The molecule has 0 spiro atoms. The Morgan fingerprint density at radius 3 is 2.33 bits per heavy atom. The maximum Gasteiger partial charge on any atom is 0.416 e. The first-order chi connectivity index (χ1) is 21.8. The first kappa shape index (κ1) is 31.6. The zero-order valence-electron chi connectivity index (χ0n) is 24.6. The van der Waals surface area contributed by atoms with Crippen molar-refractivity contribution in [3.05, 3.63) is 104 Å². The molecule has 46 heavy (non-hydrogen) atoms. The van der Waals surface area contributed by atoms with Crippen molar-refractivity contribution in [1.29, 1.82) is 0 Å². The van der Waals surface area contributed by atoms with Gasteiger partial charge in [-0.05, 0) is 84.8 Å². The number of aromatic nitrogens is 1. The van der Waals surface area contributed by atoms with Gasteiger partial charge >= 0.3 is 12.4 Å². The molecule has 3 aliphatic heterocycles. The number of nitrogens with zero attached hydrogens (tertiary/aromatic N) is 2. The van der Waals surface area contributed by atoms with Crippen molar-refractivity contribution >= 4 is 22.3 Å². The molecule has 1 aromatic heterocycles. The quantitative estimate of drug-likeness (QED) is 0.122. The normalized spacial score (nSPS) is 22.2. The van der Waals surface area contributed by atoms with Crippen LogP contribution in [0.15, 0.2) is 70.9 Å². The van der Waals surface area contributed by atoms with Crippen LogP contribution in [0.5, 0.6) is 5.75 Å². The summed E-state index contributed by atoms with van der Waals surface area (Å²) in [7, 11) is 1.54. The van der Waals surface area contributed by atoms with E-state index in [-0.39, 0.29) is 29.0 Å². The molecule has 3 fully saturated rings. The number of methoxy groups -OCH3 is 1. The zero-order chi connectivity index (χ0) is 33.0. The lowest BCUT2D eigenvalue weighted by molar-refractivity contribution is -0.143. The molecule has 0 saturated carbocycles. The number of anilines is 2. The Hall–Kier alpha value is -4.39. The molecule has 4 aromatic rings. The molecular weight excluding hydrogens is 614 g/mol. The van der Waals surface area contributed by atoms with Gasteiger partial charge < -0.3 is 15.4 Å². The summed E-state index contributed by atoms with van der Waals surface area (Å²) in [5.41, 5.74) is -3.84. The number of benzene rings is 2. The molecule has 7 nitrogen and oxygen atoms in total. The van der Waals surface area contributed by atoms with Crippen LogP contribution in [-0.2, 0) is 18.9 Å². The molecule has 3 saturated heterocycles. The second-order valence-corrected chi connectivity index (χ2v) is 11.8. The van der Waals surface area contributed by atoms with Crippen LogP contribution in [0, 0.1) is 11.8 Å². The van der Waals surface area contributed by atoms with Gasteiger partial charge in [-0.15, -0.1) is 6.58 Å². The van der Waals surface area contributed by atoms with Gasteiger partial charge in [0.15, 0.2) is 0 Å². The van der Waals surface area contributed by atoms with Crippen molar-refractivity contribution < 1.29 is 31.1 Å². The molecule has 0 aliphatic carbocycles. The number of fused-ring (bicyclic) bond motifs is 4. The largest absolute Gasteiger partial charge is 0.497 e. The maximum absolute atomic E-state index is 13.4. The molecule has 13 heteroatoms. The van der Waals surface area contributed by atoms with E-state index in [0.29, 0.717) is 35.2 Å². The fourth-order valence-corrected chi connectivity index (χ4v) is 6.82. The standard InChI is InChI=1S/C33H30F6N4O3/c1-3-18-16-43-9-7-19(18)12-26(43)27(23-6-8-40-25-5-4-22(46-2)14-24(23)25)42-29-28(30(44)31(29)45)41-15-17-10-20(32(34,35)36)13-21(11-17)33(37,38)39/h3-6,8,10-11,13-14,18-19,26-27,41-42H,1,7,9,12,15-16H2,2H3/t18-,19?,26?,27-/m0/s1. The summed E-state index contributed by atoms with van der Waals surface area (Å²) in [6, 6.07) is 7.82. The summed E-state index contributed by atoms with van der Waals surface area (Å²) in [6.45, 7) is 5.01. The average molecular weight is 645 g/mol. The van der Waals surface area contributed by atoms with Gasteiger partial charge in [0.25, 0.3) is 10.9 Å². The van der Waals surface area contributed by atoms with Crippen molar-refractivity contribution in [1.82, 2.24) is 9.88 Å². The van der Waals surface area contributed by atoms with Crippen molar-refractivity contribution in [2.24, 2.45) is 11.8 Å². The molecule has 2 N–H and O–H groups in total. The SMILES string of the molecule is C=C[C@H]1CN2CCC1CC2[C@@H](Nc1c(NCc2cc(C(F)(F)F)cc(C(F)(F)F)c2)c(=O)c1=O)c1ccnc2ccc(OC)cc12. The number of halogens is 6. The molecule has 5 atom stereocenters. The number of alkyl halides is 6. The zero-order valence-corrected chi connectivity index (χ0v) is 24.6. The number of ether oxygens (including phenoxy) is 1. The highest BCUT2D eigenvalue weighted by Crippen LogP contribution is 2.44. The highest BCUT2D eigenvalue weighted by Gasteiger charge is 2.44. The third-order valence-electron chi connectivity index (χ3n) is 9.18. The molecule has 3 unspecified atom stereocenters. The van der Waals surface area contributed by atoms with Crippen LogP contribution in [0.3, 0.4) is 0 Å². The fraction of sp³-hybridized carbons (Fsp3) is 0.364. The molecule has 3 aromatic carbocycles. The van der Waals surface area contributed by atoms with Gasteiger partial charge in [-0.25, -0.2) is 0 Å². The van der Waals surface area contributed by atoms with Gasteiger partial charge in [0.1, 0.15) is 17.1 Å². The number of nitrogens with one attached hydrogen (secondary N) is 2. The second kappa shape index (κ2) is 11.8. The minimum absolute atomic E-state index is 0.0382. The van der Waals surface area contributed by atoms with E-state index in [9.17, 15) is 35.9 Å². The summed E-state index contributed by atoms with van der Waals surface area (Å²) in [6.07, 6.45) is -4.69. The monoisotopic (exact) mass is 644 g/mol. The van der Waals surface area contributed by atoms with E-state index in [2.05, 4.69) is 27.1 Å². The van der Waals surface area contributed by atoms with E-state index < -0.39 is 46.9 Å². The van der Waals surface area contributed by atoms with Gasteiger partial charge in [0, 0.05) is 30.7 Å². The Balaban J connectivity index is 1.36. The Morgan fingerprint density at radius 2 is 1.72 bits per heavy atom. The molecule has 3 aliphatic rings. The lowest BCUT2D eigenvalue weighted by Gasteiger charge is -2.52. The number of rotatable bonds is 9. The van der Waals surface area contributed by atoms with E-state index in [0.717, 1.165) is 36.9 Å². The summed E-state index contributed by atoms with van der Waals surface area (Å²) in [5.74, 6) is 1.25. The Morgan fingerprint density at radius 1 is 1.02 bits per heavy atom. The molecular formula is C33H30F6N4O3. The first-order valence-corrected chi connectivity index (χ1v) is 14.7. The topological polar surface area (TPSA) is 83.6 Å². The summed E-state index contributed by atoms with van der Waals surface area (Å²) in [5, 5.41) is 6.68. The van der Waals surface area contributed by atoms with Crippen LogP contribution in [0.25, 0.3) is 10.9 Å². The second-order valence-electron chi connectivity index (χ2n) is 11.8. The molecule has 7 rings (SSSR count). The van der Waals surface area contributed by atoms with Crippen LogP contribution < -0.4 is 26.2 Å². The number of piperidine rings is 3. The minimum Gasteiger partial charge on any atom is -0.497 e. The van der Waals surface area contributed by atoms with Crippen molar-refractivity contribution in [2.75, 3.05) is 30.8 Å². The number of hydrogen-bond acceptors (Lipinski definition) is 7. The van der Waals surface area contributed by atoms with Gasteiger partial charge in [0.05, 0.1) is 29.8 Å². The summed E-state index contributed by atoms with van der Waals surface area (Å²) in [4.78, 5) is 32.5. The first-order valence-electron chi connectivity index (χ1n) is 14.7. The smallest absolute Gasteiger partial charge is 0.416 e. The van der Waals surface area contributed by atoms with Crippen LogP contribution >= 0.6 is 0 Å². The fourth-order valence-electron chi connectivity index (χ4n) is 6.82. The highest BCUT2D eigenvalue weighted by molar-refractivity contribution is 5.85. The van der Waals surface area contributed by atoms with E-state index in [1.165, 1.54) is 7.11 Å². The van der Waals surface area contributed by atoms with Gasteiger partial charge in [-0.3, -0.25) is 19.5 Å². The van der Waals surface area contributed by atoms with E-state index in [1.54, 1.807) is 12.3 Å². The average Bonchev–Trinajstić information content (AvgIpc) is 3.04.